The highest BCUT2D eigenvalue weighted by Gasteiger charge is 2.57. The summed E-state index contributed by atoms with van der Waals surface area (Å²) < 4.78 is 120. The number of carbonyl (C=O) groups excluding carboxylic acids is 1. The highest BCUT2D eigenvalue weighted by atomic mass is 35.5. The average molecular weight is 439 g/mol. The van der Waals surface area contributed by atoms with Gasteiger partial charge in [0.15, 0.2) is 12.0 Å². The third-order valence-corrected chi connectivity index (χ3v) is 4.10. The minimum atomic E-state index is -5.27. The van der Waals surface area contributed by atoms with E-state index in [2.05, 4.69) is 4.74 Å². The number of hydrogen-bond donors (Lipinski definition) is 0. The quantitative estimate of drug-likeness (QED) is 0.323. The second-order valence-corrected chi connectivity index (χ2v) is 7.89. The molecule has 162 valence electrons. The van der Waals surface area contributed by atoms with E-state index in [4.69, 9.17) is 11.6 Å². The Morgan fingerprint density at radius 1 is 0.852 bits per heavy atom. The largest absolute Gasteiger partial charge is 0.414 e. The second-order valence-electron chi connectivity index (χ2n) is 7.51. The first-order chi connectivity index (χ1) is 11.6. The van der Waals surface area contributed by atoms with Gasteiger partial charge in [0.05, 0.1) is 5.60 Å². The van der Waals surface area contributed by atoms with E-state index in [1.165, 1.54) is 0 Å². The number of halogens is 10. The van der Waals surface area contributed by atoms with Crippen LogP contribution in [0.5, 0.6) is 0 Å². The summed E-state index contributed by atoms with van der Waals surface area (Å²) in [4.78, 5) is 11.1. The summed E-state index contributed by atoms with van der Waals surface area (Å²) in [6.07, 6.45) is -20.9. The van der Waals surface area contributed by atoms with E-state index in [9.17, 15) is 44.3 Å². The Kier molecular flexibility index (Phi) is 8.12. The van der Waals surface area contributed by atoms with E-state index < -0.39 is 66.1 Å². The SMILES string of the molecule is CC(C)(CCC(F)(F)F)CC(OC(C)(C)C(C(=O)Cl)C(F)(F)F)C(F)(F)F. The van der Waals surface area contributed by atoms with E-state index in [1.54, 1.807) is 0 Å². The van der Waals surface area contributed by atoms with Crippen molar-refractivity contribution in [2.75, 3.05) is 0 Å². The average Bonchev–Trinajstić information content (AvgIpc) is 2.30. The maximum Gasteiger partial charge on any atom is 0.414 e. The third kappa shape index (κ3) is 9.36. The number of ether oxygens (including phenoxy) is 1. The zero-order valence-corrected chi connectivity index (χ0v) is 15.6. The van der Waals surface area contributed by atoms with Crippen LogP contribution in [0.3, 0.4) is 0 Å². The van der Waals surface area contributed by atoms with Gasteiger partial charge in [-0.3, -0.25) is 4.79 Å². The van der Waals surface area contributed by atoms with Crippen molar-refractivity contribution in [3.05, 3.63) is 0 Å². The van der Waals surface area contributed by atoms with Gasteiger partial charge in [0.2, 0.25) is 5.24 Å². The molecule has 0 rings (SSSR count). The molecule has 0 aliphatic heterocycles. The van der Waals surface area contributed by atoms with E-state index in [-0.39, 0.29) is 0 Å². The molecule has 2 atom stereocenters. The van der Waals surface area contributed by atoms with Crippen LogP contribution in [-0.4, -0.2) is 35.5 Å². The van der Waals surface area contributed by atoms with Gasteiger partial charge in [-0.15, -0.1) is 0 Å². The summed E-state index contributed by atoms with van der Waals surface area (Å²) in [5, 5.41) is -1.95. The maximum absolute atomic E-state index is 13.3. The van der Waals surface area contributed by atoms with Gasteiger partial charge in [-0.25, -0.2) is 0 Å². The molecule has 0 amide bonds. The Balaban J connectivity index is 5.58. The molecule has 0 fully saturated rings. The Labute approximate surface area is 155 Å². The molecule has 2 nitrogen and oxygen atoms in total. The fourth-order valence-corrected chi connectivity index (χ4v) is 2.93. The zero-order valence-electron chi connectivity index (χ0n) is 14.9. The Morgan fingerprint density at radius 3 is 1.59 bits per heavy atom. The molecule has 0 saturated carbocycles. The van der Waals surface area contributed by atoms with Gasteiger partial charge in [-0.1, -0.05) is 13.8 Å². The monoisotopic (exact) mass is 438 g/mol. The van der Waals surface area contributed by atoms with Crippen molar-refractivity contribution in [2.24, 2.45) is 11.3 Å². The molecule has 0 aromatic heterocycles. The normalized spacial score (nSPS) is 17.0. The molecule has 0 spiro atoms. The molecule has 0 radical (unpaired) electrons. The summed E-state index contributed by atoms with van der Waals surface area (Å²) in [5.41, 5.74) is -4.25. The molecule has 27 heavy (non-hydrogen) atoms. The maximum atomic E-state index is 13.3. The highest BCUT2D eigenvalue weighted by molar-refractivity contribution is 6.64. The molecule has 0 aromatic carbocycles. The van der Waals surface area contributed by atoms with Crippen LogP contribution in [0.4, 0.5) is 39.5 Å². The van der Waals surface area contributed by atoms with Gasteiger partial charge in [-0.05, 0) is 43.7 Å². The lowest BCUT2D eigenvalue weighted by atomic mass is 9.81. The third-order valence-electron chi connectivity index (χ3n) is 3.88. The summed E-state index contributed by atoms with van der Waals surface area (Å²) in [5.74, 6) is -3.05. The molecule has 0 heterocycles. The fraction of sp³-hybridized carbons (Fsp3) is 0.933. The van der Waals surface area contributed by atoms with Crippen molar-refractivity contribution in [1.29, 1.82) is 0 Å². The van der Waals surface area contributed by atoms with Crippen LogP contribution in [0.15, 0.2) is 0 Å². The molecule has 0 N–H and O–H groups in total. The molecule has 0 saturated heterocycles. The summed E-state index contributed by atoms with van der Waals surface area (Å²) in [6, 6.07) is 0. The van der Waals surface area contributed by atoms with Gasteiger partial charge in [-0.2, -0.15) is 39.5 Å². The van der Waals surface area contributed by atoms with E-state index in [0.717, 1.165) is 13.8 Å². The number of carbonyl (C=O) groups is 1. The predicted octanol–water partition coefficient (Wildman–Crippen LogP) is 6.42. The van der Waals surface area contributed by atoms with Crippen molar-refractivity contribution in [2.45, 2.75) is 77.2 Å². The smallest absolute Gasteiger partial charge is 0.362 e. The Morgan fingerprint density at radius 2 is 1.30 bits per heavy atom. The van der Waals surface area contributed by atoms with E-state index >= 15 is 0 Å². The number of hydrogen-bond acceptors (Lipinski definition) is 2. The molecule has 0 aliphatic carbocycles. The summed E-state index contributed by atoms with van der Waals surface area (Å²) in [6.45, 7) is 3.46. The van der Waals surface area contributed by atoms with Crippen molar-refractivity contribution in [1.82, 2.24) is 0 Å². The number of alkyl halides is 9. The van der Waals surface area contributed by atoms with Crippen LogP contribution in [0.1, 0.15) is 47.0 Å². The van der Waals surface area contributed by atoms with Gasteiger partial charge >= 0.3 is 18.5 Å². The molecular formula is C15H20ClF9O2. The van der Waals surface area contributed by atoms with Gasteiger partial charge in [0.25, 0.3) is 0 Å². The van der Waals surface area contributed by atoms with Gasteiger partial charge < -0.3 is 4.74 Å². The number of rotatable bonds is 8. The molecule has 2 unspecified atom stereocenters. The molecule has 0 bridgehead atoms. The zero-order chi connectivity index (χ0) is 22.1. The van der Waals surface area contributed by atoms with Gasteiger partial charge in [0, 0.05) is 6.42 Å². The first kappa shape index (κ1) is 26.3. The predicted molar refractivity (Wildman–Crippen MR) is 79.1 cm³/mol. The lowest BCUT2D eigenvalue weighted by molar-refractivity contribution is -0.286. The van der Waals surface area contributed by atoms with Crippen LogP contribution in [-0.2, 0) is 9.53 Å². The minimum absolute atomic E-state index is 0.618. The topological polar surface area (TPSA) is 26.3 Å². The molecular weight excluding hydrogens is 419 g/mol. The second kappa shape index (κ2) is 8.34. The molecule has 0 aliphatic rings. The van der Waals surface area contributed by atoms with Crippen molar-refractivity contribution in [3.8, 4) is 0 Å². The lowest BCUT2D eigenvalue weighted by Crippen LogP contribution is -2.51. The van der Waals surface area contributed by atoms with Crippen molar-refractivity contribution in [3.63, 3.8) is 0 Å². The minimum Gasteiger partial charge on any atom is -0.362 e. The van der Waals surface area contributed by atoms with Crippen molar-refractivity contribution >= 4 is 16.8 Å². The Hall–Kier alpha value is -0.710. The lowest BCUT2D eigenvalue weighted by Gasteiger charge is -2.39. The van der Waals surface area contributed by atoms with Crippen LogP contribution in [0, 0.1) is 11.3 Å². The summed E-state index contributed by atoms with van der Waals surface area (Å²) >= 11 is 4.90. The van der Waals surface area contributed by atoms with Crippen LogP contribution in [0.2, 0.25) is 0 Å². The Bertz CT molecular complexity index is 507. The van der Waals surface area contributed by atoms with Crippen LogP contribution >= 0.6 is 11.6 Å². The molecule has 0 aromatic rings. The highest BCUT2D eigenvalue weighted by Crippen LogP contribution is 2.44. The first-order valence-electron chi connectivity index (χ1n) is 7.66. The molecule has 12 heteroatoms. The van der Waals surface area contributed by atoms with Crippen molar-refractivity contribution < 1.29 is 49.0 Å². The fourth-order valence-electron chi connectivity index (χ4n) is 2.54. The van der Waals surface area contributed by atoms with E-state index in [1.807, 2.05) is 0 Å². The van der Waals surface area contributed by atoms with Crippen LogP contribution in [0.25, 0.3) is 0 Å². The van der Waals surface area contributed by atoms with Gasteiger partial charge in [0.1, 0.15) is 0 Å². The first-order valence-corrected chi connectivity index (χ1v) is 8.04. The van der Waals surface area contributed by atoms with Crippen LogP contribution < -0.4 is 0 Å². The van der Waals surface area contributed by atoms with E-state index in [0.29, 0.717) is 13.8 Å². The summed E-state index contributed by atoms with van der Waals surface area (Å²) in [7, 11) is 0. The standard InChI is InChI=1S/C15H20ClF9O2/c1-11(2,5-6-13(17,18)19)7-8(14(20,21)22)27-12(3,4)9(10(16)26)15(23,24)25/h8-9H,5-7H2,1-4H3.